The number of carbonyl (C=O) groups excluding carboxylic acids is 1. The van der Waals surface area contributed by atoms with Crippen LogP contribution in [0.25, 0.3) is 0 Å². The Bertz CT molecular complexity index is 571. The maximum absolute atomic E-state index is 11.9. The van der Waals surface area contributed by atoms with E-state index in [0.29, 0.717) is 0 Å². The van der Waals surface area contributed by atoms with Gasteiger partial charge in [0.15, 0.2) is 0 Å². The highest BCUT2D eigenvalue weighted by Crippen LogP contribution is 2.17. The molecule has 19 heavy (non-hydrogen) atoms. The first-order chi connectivity index (χ1) is 8.90. The average molecular weight is 286 g/mol. The fourth-order valence-corrected chi connectivity index (χ4v) is 2.09. The van der Waals surface area contributed by atoms with Crippen molar-refractivity contribution < 1.29 is 26.9 Å². The van der Waals surface area contributed by atoms with Crippen LogP contribution in [0, 0.1) is 6.92 Å². The first-order valence-corrected chi connectivity index (χ1v) is 6.64. The molecule has 7 heteroatoms. The van der Waals surface area contributed by atoms with E-state index in [0.717, 1.165) is 18.9 Å². The molecule has 0 aromatic heterocycles. The molecule has 0 radical (unpaired) electrons. The van der Waals surface area contributed by atoms with Crippen LogP contribution in [0.15, 0.2) is 41.2 Å². The lowest BCUT2D eigenvalue weighted by Crippen LogP contribution is -2.14. The predicted octanol–water partition coefficient (Wildman–Crippen LogP) is 1.36. The number of hydrogen-bond donors (Lipinski definition) is 0. The van der Waals surface area contributed by atoms with Crippen LogP contribution in [0.5, 0.6) is 0 Å². The number of benzene rings is 1. The second kappa shape index (κ2) is 6.24. The quantitative estimate of drug-likeness (QED) is 0.352. The molecule has 0 heterocycles. The molecule has 0 aliphatic heterocycles. The molecule has 0 saturated carbocycles. The molecule has 0 spiro atoms. The number of methoxy groups -OCH3 is 2. The van der Waals surface area contributed by atoms with Gasteiger partial charge in [-0.25, -0.2) is 4.79 Å². The molecule has 0 unspecified atom stereocenters. The summed E-state index contributed by atoms with van der Waals surface area (Å²) in [5.74, 6) is -1.50. The number of aryl methyl sites for hydroxylation is 1. The summed E-state index contributed by atoms with van der Waals surface area (Å²) < 4.78 is 37.5. The molecule has 0 saturated heterocycles. The number of hydrogen-bond acceptors (Lipinski definition) is 6. The van der Waals surface area contributed by atoms with Gasteiger partial charge in [-0.2, -0.15) is 8.42 Å². The minimum absolute atomic E-state index is 0.0657. The maximum atomic E-state index is 11.9. The zero-order valence-electron chi connectivity index (χ0n) is 10.7. The zero-order valence-corrected chi connectivity index (χ0v) is 11.6. The first-order valence-electron chi connectivity index (χ1n) is 5.23. The molecule has 0 amide bonds. The summed E-state index contributed by atoms with van der Waals surface area (Å²) >= 11 is 0. The Hall–Kier alpha value is -2.02. The van der Waals surface area contributed by atoms with Gasteiger partial charge in [0.25, 0.3) is 5.76 Å². The summed E-state index contributed by atoms with van der Waals surface area (Å²) in [6.07, 6.45) is 0.859. The van der Waals surface area contributed by atoms with Crippen molar-refractivity contribution in [2.24, 2.45) is 0 Å². The van der Waals surface area contributed by atoms with Crippen molar-refractivity contribution in [1.29, 1.82) is 0 Å². The van der Waals surface area contributed by atoms with Crippen LogP contribution in [0.4, 0.5) is 0 Å². The summed E-state index contributed by atoms with van der Waals surface area (Å²) in [5, 5.41) is 0. The fourth-order valence-electron chi connectivity index (χ4n) is 1.18. The Morgan fingerprint density at radius 2 is 1.74 bits per heavy atom. The molecule has 1 aromatic rings. The van der Waals surface area contributed by atoms with Gasteiger partial charge >= 0.3 is 16.1 Å². The van der Waals surface area contributed by atoms with Crippen molar-refractivity contribution in [3.05, 3.63) is 41.9 Å². The summed E-state index contributed by atoms with van der Waals surface area (Å²) in [7, 11) is -1.74. The van der Waals surface area contributed by atoms with E-state index in [1.54, 1.807) is 12.1 Å². The summed E-state index contributed by atoms with van der Waals surface area (Å²) in [4.78, 5) is 11.2. The van der Waals surface area contributed by atoms with E-state index in [1.165, 1.54) is 19.2 Å². The normalized spacial score (nSPS) is 11.8. The minimum Gasteiger partial charge on any atom is -0.500 e. The molecule has 1 aromatic carbocycles. The van der Waals surface area contributed by atoms with Gasteiger partial charge in [-0.1, -0.05) is 17.7 Å². The van der Waals surface area contributed by atoms with Crippen LogP contribution >= 0.6 is 0 Å². The van der Waals surface area contributed by atoms with Gasteiger partial charge in [-0.05, 0) is 19.1 Å². The van der Waals surface area contributed by atoms with E-state index < -0.39 is 21.8 Å². The lowest BCUT2D eigenvalue weighted by Gasteiger charge is -2.08. The molecule has 0 fully saturated rings. The van der Waals surface area contributed by atoms with Gasteiger partial charge in [0.2, 0.25) is 0 Å². The van der Waals surface area contributed by atoms with E-state index in [2.05, 4.69) is 9.47 Å². The molecule has 1 rings (SSSR count). The molecule has 6 nitrogen and oxygen atoms in total. The molecule has 104 valence electrons. The van der Waals surface area contributed by atoms with Crippen molar-refractivity contribution in [2.45, 2.75) is 11.8 Å². The van der Waals surface area contributed by atoms with Crippen LogP contribution in [0.3, 0.4) is 0 Å². The third kappa shape index (κ3) is 3.99. The van der Waals surface area contributed by atoms with E-state index in [4.69, 9.17) is 4.18 Å². The Balaban J connectivity index is 3.04. The second-order valence-electron chi connectivity index (χ2n) is 3.56. The van der Waals surface area contributed by atoms with Crippen LogP contribution in [0.2, 0.25) is 0 Å². The number of ether oxygens (including phenoxy) is 2. The highest BCUT2D eigenvalue weighted by Gasteiger charge is 2.23. The average Bonchev–Trinajstić information content (AvgIpc) is 2.37. The third-order valence-corrected chi connectivity index (χ3v) is 3.37. The second-order valence-corrected chi connectivity index (χ2v) is 5.11. The Morgan fingerprint density at radius 3 is 2.21 bits per heavy atom. The first kappa shape index (κ1) is 15.0. The minimum atomic E-state index is -4.10. The van der Waals surface area contributed by atoms with Crippen molar-refractivity contribution in [3.8, 4) is 0 Å². The van der Waals surface area contributed by atoms with E-state index in [9.17, 15) is 13.2 Å². The van der Waals surface area contributed by atoms with Crippen LogP contribution in [0.1, 0.15) is 5.56 Å². The molecule has 0 atom stereocenters. The summed E-state index contributed by atoms with van der Waals surface area (Å²) in [6, 6.07) is 6.00. The van der Waals surface area contributed by atoms with Crippen LogP contribution in [-0.4, -0.2) is 28.6 Å². The van der Waals surface area contributed by atoms with E-state index in [-0.39, 0.29) is 4.90 Å². The third-order valence-electron chi connectivity index (χ3n) is 2.12. The van der Waals surface area contributed by atoms with Gasteiger partial charge in [-0.15, -0.1) is 0 Å². The van der Waals surface area contributed by atoms with Crippen molar-refractivity contribution in [1.82, 2.24) is 0 Å². The Morgan fingerprint density at radius 1 is 1.16 bits per heavy atom. The number of carbonyl (C=O) groups is 1. The van der Waals surface area contributed by atoms with Gasteiger partial charge in [0.05, 0.1) is 14.2 Å². The lowest BCUT2D eigenvalue weighted by atomic mass is 10.2. The van der Waals surface area contributed by atoms with Crippen molar-refractivity contribution in [2.75, 3.05) is 14.2 Å². The molecule has 0 aliphatic carbocycles. The molecular weight excluding hydrogens is 272 g/mol. The van der Waals surface area contributed by atoms with Crippen molar-refractivity contribution in [3.63, 3.8) is 0 Å². The maximum Gasteiger partial charge on any atom is 0.378 e. The zero-order chi connectivity index (χ0) is 14.5. The fraction of sp³-hybridized carbons (Fsp3) is 0.250. The van der Waals surface area contributed by atoms with Crippen molar-refractivity contribution >= 4 is 16.1 Å². The highest BCUT2D eigenvalue weighted by atomic mass is 32.2. The van der Waals surface area contributed by atoms with E-state index in [1.807, 2.05) is 6.92 Å². The predicted molar refractivity (Wildman–Crippen MR) is 66.6 cm³/mol. The summed E-state index contributed by atoms with van der Waals surface area (Å²) in [6.45, 7) is 1.82. The largest absolute Gasteiger partial charge is 0.500 e. The van der Waals surface area contributed by atoms with Gasteiger partial charge < -0.3 is 13.7 Å². The molecule has 0 N–H and O–H groups in total. The van der Waals surface area contributed by atoms with E-state index >= 15 is 0 Å². The van der Waals surface area contributed by atoms with Crippen LogP contribution < -0.4 is 0 Å². The monoisotopic (exact) mass is 286 g/mol. The molecule has 0 aliphatic rings. The standard InChI is InChI=1S/C12H14O6S/c1-9-4-6-10(7-5-9)19(14,15)18-11(8-16-2)12(13)17-3/h4-8H,1-3H3/b11-8+. The smallest absolute Gasteiger partial charge is 0.378 e. The topological polar surface area (TPSA) is 78.9 Å². The Kier molecular flexibility index (Phi) is 4.94. The SMILES string of the molecule is CO/C=C(/OS(=O)(=O)c1ccc(C)cc1)C(=O)OC. The number of esters is 1. The highest BCUT2D eigenvalue weighted by molar-refractivity contribution is 7.86. The van der Waals surface area contributed by atoms with Gasteiger partial charge in [-0.3, -0.25) is 0 Å². The number of rotatable bonds is 5. The Labute approximate surface area is 111 Å². The van der Waals surface area contributed by atoms with Crippen LogP contribution in [-0.2, 0) is 28.6 Å². The lowest BCUT2D eigenvalue weighted by molar-refractivity contribution is -0.138. The van der Waals surface area contributed by atoms with Gasteiger partial charge in [0.1, 0.15) is 11.2 Å². The molecular formula is C12H14O6S. The molecule has 0 bridgehead atoms. The van der Waals surface area contributed by atoms with Gasteiger partial charge in [0, 0.05) is 0 Å². The summed E-state index contributed by atoms with van der Waals surface area (Å²) in [5.41, 5.74) is 0.902.